The van der Waals surface area contributed by atoms with Crippen LogP contribution in [-0.4, -0.2) is 12.3 Å². The molecule has 0 amide bonds. The van der Waals surface area contributed by atoms with Crippen molar-refractivity contribution in [3.05, 3.63) is 64.2 Å². The zero-order valence-corrected chi connectivity index (χ0v) is 14.4. The molecule has 0 aliphatic rings. The first-order valence-electron chi connectivity index (χ1n) is 7.28. The molecule has 2 rings (SSSR count). The molecular formula is C18H22ClNS. The monoisotopic (exact) mass is 319 g/mol. The molecule has 21 heavy (non-hydrogen) atoms. The number of hydrogen-bond acceptors (Lipinski definition) is 2. The van der Waals surface area contributed by atoms with Gasteiger partial charge in [0.05, 0.1) is 0 Å². The Morgan fingerprint density at radius 1 is 1.05 bits per heavy atom. The molecule has 0 bridgehead atoms. The van der Waals surface area contributed by atoms with E-state index in [-0.39, 0.29) is 0 Å². The highest BCUT2D eigenvalue weighted by Crippen LogP contribution is 2.27. The van der Waals surface area contributed by atoms with Crippen LogP contribution in [0.4, 0.5) is 0 Å². The maximum atomic E-state index is 5.93. The lowest BCUT2D eigenvalue weighted by Crippen LogP contribution is -2.23. The Kier molecular flexibility index (Phi) is 6.16. The van der Waals surface area contributed by atoms with Gasteiger partial charge in [0, 0.05) is 21.7 Å². The summed E-state index contributed by atoms with van der Waals surface area (Å²) in [6.07, 6.45) is 0. The molecule has 0 spiro atoms. The molecule has 0 fully saturated rings. The molecule has 0 aliphatic carbocycles. The second-order valence-corrected chi connectivity index (χ2v) is 6.83. The molecule has 0 saturated heterocycles. The molecule has 112 valence electrons. The summed E-state index contributed by atoms with van der Waals surface area (Å²) in [5.41, 5.74) is 4.02. The molecular weight excluding hydrogens is 298 g/mol. The van der Waals surface area contributed by atoms with Crippen LogP contribution >= 0.6 is 23.4 Å². The van der Waals surface area contributed by atoms with Gasteiger partial charge in [-0.1, -0.05) is 47.9 Å². The number of nitrogens with one attached hydrogen (secondary N) is 1. The van der Waals surface area contributed by atoms with Gasteiger partial charge < -0.3 is 5.32 Å². The summed E-state index contributed by atoms with van der Waals surface area (Å²) in [5.74, 6) is 1.01. The van der Waals surface area contributed by atoms with Crippen LogP contribution in [-0.2, 0) is 0 Å². The van der Waals surface area contributed by atoms with Crippen molar-refractivity contribution >= 4 is 23.4 Å². The number of rotatable bonds is 6. The molecule has 3 heteroatoms. The Morgan fingerprint density at radius 3 is 2.24 bits per heavy atom. The third kappa shape index (κ3) is 5.06. The van der Waals surface area contributed by atoms with Crippen LogP contribution in [0.3, 0.4) is 0 Å². The second kappa shape index (κ2) is 7.88. The van der Waals surface area contributed by atoms with E-state index in [9.17, 15) is 0 Å². The molecule has 0 radical (unpaired) electrons. The predicted octanol–water partition coefficient (Wildman–Crippen LogP) is 5.40. The summed E-state index contributed by atoms with van der Waals surface area (Å²) in [6, 6.07) is 15.2. The van der Waals surface area contributed by atoms with Crippen molar-refractivity contribution in [2.75, 3.05) is 12.3 Å². The largest absolute Gasteiger partial charge is 0.309 e. The van der Waals surface area contributed by atoms with Crippen LogP contribution in [0.25, 0.3) is 0 Å². The van der Waals surface area contributed by atoms with Crippen LogP contribution in [0, 0.1) is 13.8 Å². The highest BCUT2D eigenvalue weighted by Gasteiger charge is 2.11. The summed E-state index contributed by atoms with van der Waals surface area (Å²) in [5, 5.41) is 4.38. The van der Waals surface area contributed by atoms with Gasteiger partial charge in [-0.15, -0.1) is 11.8 Å². The van der Waals surface area contributed by atoms with Crippen molar-refractivity contribution < 1.29 is 0 Å². The summed E-state index contributed by atoms with van der Waals surface area (Å²) in [6.45, 7) is 7.44. The van der Waals surface area contributed by atoms with E-state index < -0.39 is 0 Å². The second-order valence-electron chi connectivity index (χ2n) is 5.30. The summed E-state index contributed by atoms with van der Waals surface area (Å²) >= 11 is 7.80. The van der Waals surface area contributed by atoms with Crippen LogP contribution in [0.1, 0.15) is 29.7 Å². The molecule has 2 aromatic carbocycles. The number of hydrogen-bond donors (Lipinski definition) is 1. The fraction of sp³-hybridized carbons (Fsp3) is 0.333. The molecule has 1 unspecified atom stereocenters. The first-order chi connectivity index (χ1) is 10.1. The fourth-order valence-corrected chi connectivity index (χ4v) is 3.56. The van der Waals surface area contributed by atoms with Crippen molar-refractivity contribution in [2.45, 2.75) is 31.7 Å². The summed E-state index contributed by atoms with van der Waals surface area (Å²) in [4.78, 5) is 1.26. The molecule has 0 aromatic heterocycles. The number of thioether (sulfide) groups is 1. The average molecular weight is 320 g/mol. The van der Waals surface area contributed by atoms with E-state index in [1.54, 1.807) is 0 Å². The van der Waals surface area contributed by atoms with Gasteiger partial charge in [-0.3, -0.25) is 0 Å². The Balaban J connectivity index is 2.09. The average Bonchev–Trinajstić information content (AvgIpc) is 2.44. The zero-order valence-electron chi connectivity index (χ0n) is 12.8. The maximum absolute atomic E-state index is 5.93. The van der Waals surface area contributed by atoms with Crippen LogP contribution in [0.5, 0.6) is 0 Å². The minimum Gasteiger partial charge on any atom is -0.309 e. The van der Waals surface area contributed by atoms with E-state index in [4.69, 9.17) is 11.6 Å². The number of halogens is 1. The first kappa shape index (κ1) is 16.4. The van der Waals surface area contributed by atoms with Crippen molar-refractivity contribution in [3.63, 3.8) is 0 Å². The van der Waals surface area contributed by atoms with Crippen LogP contribution in [0.2, 0.25) is 5.02 Å². The molecule has 1 N–H and O–H groups in total. The van der Waals surface area contributed by atoms with E-state index in [2.05, 4.69) is 56.4 Å². The third-order valence-electron chi connectivity index (χ3n) is 3.33. The van der Waals surface area contributed by atoms with Crippen LogP contribution < -0.4 is 5.32 Å². The number of aryl methyl sites for hydroxylation is 2. The Bertz CT molecular complexity index is 560. The lowest BCUT2D eigenvalue weighted by atomic mass is 10.0. The molecule has 1 atom stereocenters. The molecule has 0 aliphatic heterocycles. The quantitative estimate of drug-likeness (QED) is 0.715. The highest BCUT2D eigenvalue weighted by atomic mass is 35.5. The topological polar surface area (TPSA) is 12.0 Å². The lowest BCUT2D eigenvalue weighted by Gasteiger charge is -2.19. The van der Waals surface area contributed by atoms with Gasteiger partial charge >= 0.3 is 0 Å². The van der Waals surface area contributed by atoms with Gasteiger partial charge in [-0.2, -0.15) is 0 Å². The van der Waals surface area contributed by atoms with Gasteiger partial charge in [-0.05, 0) is 50.2 Å². The lowest BCUT2D eigenvalue weighted by molar-refractivity contribution is 0.605. The minimum absolute atomic E-state index is 0.370. The third-order valence-corrected chi connectivity index (χ3v) is 4.68. The zero-order chi connectivity index (χ0) is 15.2. The smallest absolute Gasteiger partial charge is 0.0415 e. The first-order valence-corrected chi connectivity index (χ1v) is 8.65. The molecule has 1 nitrogen and oxygen atoms in total. The SMILES string of the molecule is CCNC(CSc1ccc(Cl)cc1)c1cc(C)cc(C)c1. The van der Waals surface area contributed by atoms with Gasteiger partial charge in [0.15, 0.2) is 0 Å². The molecule has 2 aromatic rings. The highest BCUT2D eigenvalue weighted by molar-refractivity contribution is 7.99. The van der Waals surface area contributed by atoms with Gasteiger partial charge in [0.25, 0.3) is 0 Å². The molecule has 0 heterocycles. The minimum atomic E-state index is 0.370. The van der Waals surface area contributed by atoms with Crippen molar-refractivity contribution in [1.82, 2.24) is 5.32 Å². The summed E-state index contributed by atoms with van der Waals surface area (Å²) < 4.78 is 0. The summed E-state index contributed by atoms with van der Waals surface area (Å²) in [7, 11) is 0. The van der Waals surface area contributed by atoms with Gasteiger partial charge in [-0.25, -0.2) is 0 Å². The van der Waals surface area contributed by atoms with Crippen molar-refractivity contribution in [3.8, 4) is 0 Å². The number of benzene rings is 2. The Hall–Kier alpha value is -0.960. The van der Waals surface area contributed by atoms with Crippen molar-refractivity contribution in [1.29, 1.82) is 0 Å². The fourth-order valence-electron chi connectivity index (χ4n) is 2.44. The van der Waals surface area contributed by atoms with Gasteiger partial charge in [0.2, 0.25) is 0 Å². The van der Waals surface area contributed by atoms with E-state index in [1.165, 1.54) is 21.6 Å². The normalized spacial score (nSPS) is 12.4. The Morgan fingerprint density at radius 2 is 1.67 bits per heavy atom. The van der Waals surface area contributed by atoms with E-state index in [0.717, 1.165) is 17.3 Å². The Labute approximate surface area is 137 Å². The standard InChI is InChI=1S/C18H22ClNS/c1-4-20-18(15-10-13(2)9-14(3)11-15)12-21-17-7-5-16(19)6-8-17/h5-11,18,20H,4,12H2,1-3H3. The van der Waals surface area contributed by atoms with E-state index >= 15 is 0 Å². The van der Waals surface area contributed by atoms with E-state index in [0.29, 0.717) is 6.04 Å². The molecule has 0 saturated carbocycles. The maximum Gasteiger partial charge on any atom is 0.0415 e. The van der Waals surface area contributed by atoms with Crippen LogP contribution in [0.15, 0.2) is 47.4 Å². The van der Waals surface area contributed by atoms with Gasteiger partial charge in [0.1, 0.15) is 0 Å². The van der Waals surface area contributed by atoms with E-state index in [1.807, 2.05) is 23.9 Å². The van der Waals surface area contributed by atoms with Crippen molar-refractivity contribution in [2.24, 2.45) is 0 Å². The predicted molar refractivity (Wildman–Crippen MR) is 94.5 cm³/mol.